The number of aldehydes is 1. The van der Waals surface area contributed by atoms with Gasteiger partial charge in [-0.05, 0) is 58.0 Å². The van der Waals surface area contributed by atoms with Crippen LogP contribution in [0.4, 0.5) is 0 Å². The summed E-state index contributed by atoms with van der Waals surface area (Å²) in [5.41, 5.74) is 0. The second-order valence-electron chi connectivity index (χ2n) is 8.12. The maximum absolute atomic E-state index is 12.7. The third-order valence-corrected chi connectivity index (χ3v) is 6.36. The van der Waals surface area contributed by atoms with E-state index >= 15 is 0 Å². The Labute approximate surface area is 173 Å². The van der Waals surface area contributed by atoms with Crippen LogP contribution in [-0.4, -0.2) is 79.8 Å². The van der Waals surface area contributed by atoms with Gasteiger partial charge in [-0.25, -0.2) is 0 Å². The predicted molar refractivity (Wildman–Crippen MR) is 117 cm³/mol. The number of likely N-dealkylation sites (N-methyl/N-ethyl adjacent to an activating group) is 1. The van der Waals surface area contributed by atoms with E-state index in [0.717, 1.165) is 45.1 Å². The highest BCUT2D eigenvalue weighted by Crippen LogP contribution is 2.31. The van der Waals surface area contributed by atoms with Crippen LogP contribution in [0.2, 0.25) is 0 Å². The summed E-state index contributed by atoms with van der Waals surface area (Å²) < 4.78 is 0. The molecule has 1 unspecified atom stereocenters. The first-order valence-corrected chi connectivity index (χ1v) is 11.8. The lowest BCUT2D eigenvalue weighted by Gasteiger charge is -2.33. The van der Waals surface area contributed by atoms with Crippen molar-refractivity contribution in [1.29, 1.82) is 0 Å². The van der Waals surface area contributed by atoms with E-state index in [0.29, 0.717) is 11.8 Å². The molecule has 3 fully saturated rings. The standard InChI is InChI=1S/C19H33N3O2.2C2H6/c1-20-10-12-21(13-11-20)8-6-16-7-9-22(14-16)19(24)18-4-2-17(15-23)3-5-18;2*1-2/h15-18H,2-14H2,1H3;2*1-2H3. The van der Waals surface area contributed by atoms with Crippen LogP contribution in [0.1, 0.15) is 66.2 Å². The summed E-state index contributed by atoms with van der Waals surface area (Å²) in [5.74, 6) is 1.42. The van der Waals surface area contributed by atoms with E-state index in [1.807, 2.05) is 27.7 Å². The molecule has 28 heavy (non-hydrogen) atoms. The zero-order valence-electron chi connectivity index (χ0n) is 19.2. The van der Waals surface area contributed by atoms with Crippen LogP contribution in [0, 0.1) is 17.8 Å². The van der Waals surface area contributed by atoms with Gasteiger partial charge in [0.05, 0.1) is 0 Å². The van der Waals surface area contributed by atoms with Crippen molar-refractivity contribution in [2.75, 3.05) is 52.9 Å². The smallest absolute Gasteiger partial charge is 0.225 e. The molecule has 2 heterocycles. The van der Waals surface area contributed by atoms with Crippen molar-refractivity contribution in [2.45, 2.75) is 66.2 Å². The van der Waals surface area contributed by atoms with Crippen molar-refractivity contribution in [1.82, 2.24) is 14.7 Å². The van der Waals surface area contributed by atoms with Gasteiger partial charge < -0.3 is 19.5 Å². The van der Waals surface area contributed by atoms with Gasteiger partial charge in [-0.3, -0.25) is 4.79 Å². The first-order valence-electron chi connectivity index (χ1n) is 11.8. The molecular weight excluding hydrogens is 350 g/mol. The minimum Gasteiger partial charge on any atom is -0.342 e. The minimum absolute atomic E-state index is 0.178. The normalized spacial score (nSPS) is 28.6. The molecule has 5 heteroatoms. The molecule has 0 aromatic rings. The van der Waals surface area contributed by atoms with E-state index in [-0.39, 0.29) is 11.8 Å². The second kappa shape index (κ2) is 14.1. The van der Waals surface area contributed by atoms with Crippen LogP contribution >= 0.6 is 0 Å². The van der Waals surface area contributed by atoms with Gasteiger partial charge in [0.15, 0.2) is 0 Å². The summed E-state index contributed by atoms with van der Waals surface area (Å²) in [6.45, 7) is 15.8. The second-order valence-corrected chi connectivity index (χ2v) is 8.12. The average molecular weight is 396 g/mol. The Morgan fingerprint density at radius 1 is 0.893 bits per heavy atom. The Morgan fingerprint density at radius 2 is 1.50 bits per heavy atom. The molecule has 2 saturated heterocycles. The van der Waals surface area contributed by atoms with Crippen LogP contribution in [0.15, 0.2) is 0 Å². The fourth-order valence-corrected chi connectivity index (χ4v) is 4.47. The van der Waals surface area contributed by atoms with Gasteiger partial charge in [-0.15, -0.1) is 0 Å². The Morgan fingerprint density at radius 3 is 2.07 bits per heavy atom. The Balaban J connectivity index is 0.000000921. The molecule has 0 spiro atoms. The molecule has 5 nitrogen and oxygen atoms in total. The number of likely N-dealkylation sites (tertiary alicyclic amines) is 1. The van der Waals surface area contributed by atoms with Gasteiger partial charge in [0.25, 0.3) is 0 Å². The molecule has 0 N–H and O–H groups in total. The fraction of sp³-hybridized carbons (Fsp3) is 0.913. The third kappa shape index (κ3) is 7.82. The summed E-state index contributed by atoms with van der Waals surface area (Å²) in [4.78, 5) is 30.6. The Hall–Kier alpha value is -0.940. The van der Waals surface area contributed by atoms with Crippen LogP contribution in [0.5, 0.6) is 0 Å². The molecule has 0 radical (unpaired) electrons. The lowest BCUT2D eigenvalue weighted by Crippen LogP contribution is -2.45. The largest absolute Gasteiger partial charge is 0.342 e. The molecule has 1 atom stereocenters. The average Bonchev–Trinajstić information content (AvgIpc) is 3.25. The zero-order valence-corrected chi connectivity index (χ0v) is 19.2. The predicted octanol–water partition coefficient (Wildman–Crippen LogP) is 3.53. The fourth-order valence-electron chi connectivity index (χ4n) is 4.47. The molecule has 1 saturated carbocycles. The lowest BCUT2D eigenvalue weighted by molar-refractivity contribution is -0.136. The molecule has 164 valence electrons. The minimum atomic E-state index is 0.178. The number of piperazine rings is 1. The maximum atomic E-state index is 12.7. The van der Waals surface area contributed by atoms with Gasteiger partial charge in [-0.1, -0.05) is 27.7 Å². The van der Waals surface area contributed by atoms with Gasteiger partial charge in [0.1, 0.15) is 6.29 Å². The van der Waals surface area contributed by atoms with Crippen LogP contribution in [0.3, 0.4) is 0 Å². The van der Waals surface area contributed by atoms with E-state index in [4.69, 9.17) is 0 Å². The number of carbonyl (C=O) groups excluding carboxylic acids is 2. The summed E-state index contributed by atoms with van der Waals surface area (Å²) in [6, 6.07) is 0. The molecule has 0 aromatic heterocycles. The van der Waals surface area contributed by atoms with Gasteiger partial charge in [0.2, 0.25) is 5.91 Å². The number of nitrogens with zero attached hydrogens (tertiary/aromatic N) is 3. The highest BCUT2D eigenvalue weighted by Gasteiger charge is 2.33. The molecule has 3 rings (SSSR count). The molecular formula is C23H45N3O2. The number of hydrogen-bond acceptors (Lipinski definition) is 4. The van der Waals surface area contributed by atoms with Crippen LogP contribution in [-0.2, 0) is 9.59 Å². The first kappa shape index (κ1) is 25.1. The Kier molecular flexibility index (Phi) is 12.6. The molecule has 1 aliphatic carbocycles. The number of rotatable bonds is 5. The van der Waals surface area contributed by atoms with Crippen LogP contribution < -0.4 is 0 Å². The summed E-state index contributed by atoms with van der Waals surface area (Å²) >= 11 is 0. The zero-order chi connectivity index (χ0) is 20.9. The van der Waals surface area contributed by atoms with E-state index in [2.05, 4.69) is 21.7 Å². The summed E-state index contributed by atoms with van der Waals surface area (Å²) in [5, 5.41) is 0. The topological polar surface area (TPSA) is 43.9 Å². The van der Waals surface area contributed by atoms with Crippen LogP contribution in [0.25, 0.3) is 0 Å². The van der Waals surface area contributed by atoms with Crippen molar-refractivity contribution in [3.05, 3.63) is 0 Å². The first-order chi connectivity index (χ1) is 13.7. The van der Waals surface area contributed by atoms with Gasteiger partial charge in [0, 0.05) is 51.1 Å². The SMILES string of the molecule is CC.CC.CN1CCN(CCC2CCN(C(=O)C3CCC(C=O)CC3)C2)CC1. The highest BCUT2D eigenvalue weighted by atomic mass is 16.2. The molecule has 2 aliphatic heterocycles. The van der Waals surface area contributed by atoms with Crippen molar-refractivity contribution in [2.24, 2.45) is 17.8 Å². The lowest BCUT2D eigenvalue weighted by atomic mass is 9.82. The van der Waals surface area contributed by atoms with Crippen molar-refractivity contribution >= 4 is 12.2 Å². The highest BCUT2D eigenvalue weighted by molar-refractivity contribution is 5.79. The summed E-state index contributed by atoms with van der Waals surface area (Å²) in [7, 11) is 2.19. The third-order valence-electron chi connectivity index (χ3n) is 6.36. The van der Waals surface area contributed by atoms with Crippen molar-refractivity contribution in [3.63, 3.8) is 0 Å². The molecule has 3 aliphatic rings. The van der Waals surface area contributed by atoms with E-state index in [9.17, 15) is 9.59 Å². The van der Waals surface area contributed by atoms with Gasteiger partial charge in [-0.2, -0.15) is 0 Å². The Bertz CT molecular complexity index is 428. The maximum Gasteiger partial charge on any atom is 0.225 e. The summed E-state index contributed by atoms with van der Waals surface area (Å²) in [6.07, 6.45) is 7.09. The van der Waals surface area contributed by atoms with E-state index in [1.54, 1.807) is 0 Å². The monoisotopic (exact) mass is 395 g/mol. The van der Waals surface area contributed by atoms with Gasteiger partial charge >= 0.3 is 0 Å². The molecule has 1 amide bonds. The number of amides is 1. The number of carbonyl (C=O) groups is 2. The van der Waals surface area contributed by atoms with Crippen molar-refractivity contribution in [3.8, 4) is 0 Å². The molecule has 0 bridgehead atoms. The number of hydrogen-bond donors (Lipinski definition) is 0. The van der Waals surface area contributed by atoms with E-state index in [1.165, 1.54) is 45.6 Å². The molecule has 0 aromatic carbocycles. The van der Waals surface area contributed by atoms with Crippen molar-refractivity contribution < 1.29 is 9.59 Å². The quantitative estimate of drug-likeness (QED) is 0.668. The van der Waals surface area contributed by atoms with E-state index < -0.39 is 0 Å².